The van der Waals surface area contributed by atoms with Gasteiger partial charge >= 0.3 is 0 Å². The molecule has 2 nitrogen and oxygen atoms in total. The van der Waals surface area contributed by atoms with Gasteiger partial charge in [0, 0.05) is 24.9 Å². The molecule has 2 rings (SSSR count). The Morgan fingerprint density at radius 3 is 3.20 bits per heavy atom. The Balaban J connectivity index is 0.000000500. The van der Waals surface area contributed by atoms with Crippen LogP contribution in [0, 0.1) is 0 Å². The number of hydrogen-bond donors (Lipinski definition) is 0. The van der Waals surface area contributed by atoms with Crippen LogP contribution in [0.1, 0.15) is 32.5 Å². The number of hydrogen-bond acceptors (Lipinski definition) is 1. The lowest BCUT2D eigenvalue weighted by molar-refractivity contribution is 0.700. The van der Waals surface area contributed by atoms with Crippen LogP contribution in [0.15, 0.2) is 12.4 Å². The summed E-state index contributed by atoms with van der Waals surface area (Å²) in [7, 11) is 0. The third kappa shape index (κ3) is 0.838. The van der Waals surface area contributed by atoms with Crippen molar-refractivity contribution in [1.82, 2.24) is 9.55 Å². The summed E-state index contributed by atoms with van der Waals surface area (Å²) in [5.41, 5.74) is 0. The molecule has 0 bridgehead atoms. The molecule has 1 atom stereocenters. The van der Waals surface area contributed by atoms with E-state index in [1.54, 1.807) is 0 Å². The number of imidazole rings is 1. The maximum absolute atomic E-state index is 4.24. The molecule has 0 unspecified atom stereocenters. The van der Waals surface area contributed by atoms with Crippen molar-refractivity contribution in [2.24, 2.45) is 0 Å². The van der Waals surface area contributed by atoms with Gasteiger partial charge in [0.25, 0.3) is 0 Å². The Kier molecular flexibility index (Phi) is 1.79. The number of nitrogens with zero attached hydrogens (tertiary/aromatic N) is 2. The van der Waals surface area contributed by atoms with E-state index in [2.05, 4.69) is 22.7 Å². The van der Waals surface area contributed by atoms with Crippen LogP contribution in [0.2, 0.25) is 0 Å². The van der Waals surface area contributed by atoms with E-state index in [0.717, 1.165) is 6.54 Å². The van der Waals surface area contributed by atoms with Crippen molar-refractivity contribution in [2.75, 3.05) is 0 Å². The van der Waals surface area contributed by atoms with Gasteiger partial charge in [0.05, 0.1) is 0 Å². The summed E-state index contributed by atoms with van der Waals surface area (Å²) in [6, 6.07) is 0. The molecule has 0 saturated carbocycles. The van der Waals surface area contributed by atoms with Crippen molar-refractivity contribution < 1.29 is 0 Å². The summed E-state index contributed by atoms with van der Waals surface area (Å²) in [6.07, 6.45) is 5.20. The highest BCUT2D eigenvalue weighted by Crippen LogP contribution is 2.24. The molecule has 0 amide bonds. The Bertz CT molecular complexity index is 215. The molecule has 1 aliphatic rings. The lowest BCUT2D eigenvalue weighted by Gasteiger charge is -1.94. The second-order valence-corrected chi connectivity index (χ2v) is 2.67. The molecular weight excluding hydrogens is 124 g/mol. The zero-order valence-corrected chi connectivity index (χ0v) is 5.54. The number of aromatic nitrogens is 2. The molecule has 1 aromatic rings. The predicted octanol–water partition coefficient (Wildman–Crippen LogP) is 2.03. The van der Waals surface area contributed by atoms with E-state index in [1.165, 1.54) is 12.2 Å². The number of rotatable bonds is 0. The highest BCUT2D eigenvalue weighted by molar-refractivity contribution is 5.03. The van der Waals surface area contributed by atoms with E-state index in [-0.39, 0.29) is 7.43 Å². The fourth-order valence-corrected chi connectivity index (χ4v) is 1.40. The zero-order chi connectivity index (χ0) is 6.27. The van der Waals surface area contributed by atoms with E-state index in [1.807, 2.05) is 6.20 Å². The molecule has 0 aromatic carbocycles. The van der Waals surface area contributed by atoms with Crippen LogP contribution in [0.4, 0.5) is 0 Å². The largest absolute Gasteiger partial charge is 0.335 e. The van der Waals surface area contributed by atoms with Gasteiger partial charge in [0.2, 0.25) is 0 Å². The first kappa shape index (κ1) is 7.32. The molecule has 2 heteroatoms. The van der Waals surface area contributed by atoms with E-state index in [9.17, 15) is 0 Å². The van der Waals surface area contributed by atoms with Crippen molar-refractivity contribution in [3.05, 3.63) is 18.2 Å². The molecule has 0 radical (unpaired) electrons. The van der Waals surface area contributed by atoms with Crippen LogP contribution >= 0.6 is 0 Å². The molecule has 1 aliphatic heterocycles. The molecule has 0 fully saturated rings. The summed E-state index contributed by atoms with van der Waals surface area (Å²) >= 11 is 0. The maximum atomic E-state index is 4.24. The van der Waals surface area contributed by atoms with Gasteiger partial charge in [-0.25, -0.2) is 4.98 Å². The minimum absolute atomic E-state index is 0. The normalized spacial score (nSPS) is 21.9. The average molecular weight is 138 g/mol. The highest BCUT2D eigenvalue weighted by atomic mass is 15.1. The molecular formula is C8H14N2. The van der Waals surface area contributed by atoms with Crippen molar-refractivity contribution in [3.8, 4) is 0 Å². The zero-order valence-electron chi connectivity index (χ0n) is 5.54. The Morgan fingerprint density at radius 2 is 2.50 bits per heavy atom. The van der Waals surface area contributed by atoms with Crippen LogP contribution in [-0.2, 0) is 6.54 Å². The van der Waals surface area contributed by atoms with Crippen LogP contribution < -0.4 is 0 Å². The van der Waals surface area contributed by atoms with Gasteiger partial charge in [0.1, 0.15) is 5.82 Å². The maximum Gasteiger partial charge on any atom is 0.111 e. The van der Waals surface area contributed by atoms with Crippen molar-refractivity contribution in [2.45, 2.75) is 33.2 Å². The lowest BCUT2D eigenvalue weighted by atomic mass is 10.1. The SMILES string of the molecule is C.C[C@H]1CCn2ccnc21. The molecule has 1 aromatic heterocycles. The van der Waals surface area contributed by atoms with Gasteiger partial charge in [-0.05, 0) is 6.42 Å². The van der Waals surface area contributed by atoms with Gasteiger partial charge in [-0.15, -0.1) is 0 Å². The first-order valence-corrected chi connectivity index (χ1v) is 3.39. The standard InChI is InChI=1S/C7H10N2.CH4/c1-6-2-4-9-5-3-8-7(6)9;/h3,5-6H,2,4H2,1H3;1H4/t6-;/m0./s1. The van der Waals surface area contributed by atoms with Gasteiger partial charge in [0.15, 0.2) is 0 Å². The Hall–Kier alpha value is -0.790. The third-order valence-corrected chi connectivity index (χ3v) is 1.99. The summed E-state index contributed by atoms with van der Waals surface area (Å²) < 4.78 is 2.23. The van der Waals surface area contributed by atoms with E-state index >= 15 is 0 Å². The third-order valence-electron chi connectivity index (χ3n) is 1.99. The first-order valence-electron chi connectivity index (χ1n) is 3.39. The Morgan fingerprint density at radius 1 is 1.70 bits per heavy atom. The molecule has 0 N–H and O–H groups in total. The van der Waals surface area contributed by atoms with E-state index in [4.69, 9.17) is 0 Å². The molecule has 56 valence electrons. The summed E-state index contributed by atoms with van der Waals surface area (Å²) in [5, 5.41) is 0. The smallest absolute Gasteiger partial charge is 0.111 e. The van der Waals surface area contributed by atoms with E-state index < -0.39 is 0 Å². The van der Waals surface area contributed by atoms with Crippen molar-refractivity contribution in [1.29, 1.82) is 0 Å². The topological polar surface area (TPSA) is 17.8 Å². The van der Waals surface area contributed by atoms with Crippen molar-refractivity contribution >= 4 is 0 Å². The molecule has 0 aliphatic carbocycles. The van der Waals surface area contributed by atoms with Crippen LogP contribution in [0.3, 0.4) is 0 Å². The number of fused-ring (bicyclic) bond motifs is 1. The van der Waals surface area contributed by atoms with Gasteiger partial charge < -0.3 is 4.57 Å². The van der Waals surface area contributed by atoms with Crippen LogP contribution in [-0.4, -0.2) is 9.55 Å². The Labute approximate surface area is 61.9 Å². The fourth-order valence-electron chi connectivity index (χ4n) is 1.40. The molecule has 0 spiro atoms. The summed E-state index contributed by atoms with van der Waals surface area (Å²) in [6.45, 7) is 3.39. The predicted molar refractivity (Wildman–Crippen MR) is 42.0 cm³/mol. The highest BCUT2D eigenvalue weighted by Gasteiger charge is 2.17. The molecule has 0 saturated heterocycles. The van der Waals surface area contributed by atoms with Gasteiger partial charge in [-0.2, -0.15) is 0 Å². The van der Waals surface area contributed by atoms with Crippen molar-refractivity contribution in [3.63, 3.8) is 0 Å². The van der Waals surface area contributed by atoms with Crippen LogP contribution in [0.25, 0.3) is 0 Å². The number of aryl methyl sites for hydroxylation is 1. The summed E-state index contributed by atoms with van der Waals surface area (Å²) in [5.74, 6) is 1.94. The average Bonchev–Trinajstić information content (AvgIpc) is 2.35. The minimum atomic E-state index is 0. The van der Waals surface area contributed by atoms with Crippen LogP contribution in [0.5, 0.6) is 0 Å². The second kappa shape index (κ2) is 2.45. The van der Waals surface area contributed by atoms with E-state index in [0.29, 0.717) is 5.92 Å². The molecule has 10 heavy (non-hydrogen) atoms. The molecule has 2 heterocycles. The monoisotopic (exact) mass is 138 g/mol. The fraction of sp³-hybridized carbons (Fsp3) is 0.625. The summed E-state index contributed by atoms with van der Waals surface area (Å²) in [4.78, 5) is 4.24. The minimum Gasteiger partial charge on any atom is -0.335 e. The first-order chi connectivity index (χ1) is 4.38. The lowest BCUT2D eigenvalue weighted by Crippen LogP contribution is -1.89. The second-order valence-electron chi connectivity index (χ2n) is 2.67. The van der Waals surface area contributed by atoms with Gasteiger partial charge in [-0.1, -0.05) is 14.4 Å². The van der Waals surface area contributed by atoms with Gasteiger partial charge in [-0.3, -0.25) is 0 Å². The quantitative estimate of drug-likeness (QED) is 0.536.